The quantitative estimate of drug-likeness (QED) is 0.195. The fourth-order valence-corrected chi connectivity index (χ4v) is 9.01. The number of benzene rings is 7. The van der Waals surface area contributed by atoms with E-state index in [9.17, 15) is 0 Å². The van der Waals surface area contributed by atoms with Crippen molar-refractivity contribution in [1.29, 1.82) is 0 Å². The van der Waals surface area contributed by atoms with Crippen molar-refractivity contribution in [3.8, 4) is 50.6 Å². The molecule has 0 atom stereocenters. The third kappa shape index (κ3) is 3.52. The van der Waals surface area contributed by atoms with Crippen LogP contribution >= 0.6 is 11.3 Å². The molecule has 0 radical (unpaired) electrons. The summed E-state index contributed by atoms with van der Waals surface area (Å²) in [6.45, 7) is 0. The molecule has 3 nitrogen and oxygen atoms in total. The molecule has 1 aliphatic carbocycles. The zero-order valence-electron chi connectivity index (χ0n) is 25.7. The van der Waals surface area contributed by atoms with Crippen LogP contribution in [0, 0.1) is 0 Å². The lowest BCUT2D eigenvalue weighted by Gasteiger charge is -2.12. The van der Waals surface area contributed by atoms with Crippen LogP contribution in [0.2, 0.25) is 0 Å². The minimum Gasteiger partial charge on any atom is -0.309 e. The van der Waals surface area contributed by atoms with Gasteiger partial charge in [0, 0.05) is 43.1 Å². The summed E-state index contributed by atoms with van der Waals surface area (Å²) >= 11 is 1.76. The maximum atomic E-state index is 5.43. The van der Waals surface area contributed by atoms with Gasteiger partial charge < -0.3 is 4.57 Å². The first-order valence-corrected chi connectivity index (χ1v) is 17.1. The second-order valence-electron chi connectivity index (χ2n) is 12.5. The molecule has 11 rings (SSSR count). The Morgan fingerprint density at radius 2 is 1.10 bits per heavy atom. The van der Waals surface area contributed by atoms with E-state index in [1.165, 1.54) is 64.9 Å². The number of hydrogen-bond donors (Lipinski definition) is 0. The molecule has 3 heterocycles. The van der Waals surface area contributed by atoms with Crippen molar-refractivity contribution < 1.29 is 0 Å². The van der Waals surface area contributed by atoms with Gasteiger partial charge in [-0.05, 0) is 63.4 Å². The Labute approximate surface area is 280 Å². The molecule has 0 saturated heterocycles. The van der Waals surface area contributed by atoms with Crippen LogP contribution in [-0.4, -0.2) is 14.5 Å². The highest BCUT2D eigenvalue weighted by Gasteiger charge is 2.25. The lowest BCUT2D eigenvalue weighted by molar-refractivity contribution is 1.18. The minimum atomic E-state index is 0.750. The van der Waals surface area contributed by atoms with E-state index in [-0.39, 0.29) is 0 Å². The molecule has 0 saturated carbocycles. The summed E-state index contributed by atoms with van der Waals surface area (Å²) in [5.74, 6) is 0.750. The maximum Gasteiger partial charge on any atom is 0.161 e. The van der Waals surface area contributed by atoms with Crippen molar-refractivity contribution in [3.05, 3.63) is 152 Å². The number of para-hydroxylation sites is 2. The molecule has 0 N–H and O–H groups in total. The van der Waals surface area contributed by atoms with Gasteiger partial charge in [-0.15, -0.1) is 11.3 Å². The summed E-state index contributed by atoms with van der Waals surface area (Å²) in [5.41, 5.74) is 11.8. The summed E-state index contributed by atoms with van der Waals surface area (Å²) in [4.78, 5) is 11.7. The van der Waals surface area contributed by atoms with Crippen molar-refractivity contribution in [1.82, 2.24) is 14.5 Å². The zero-order chi connectivity index (χ0) is 31.3. The smallest absolute Gasteiger partial charge is 0.161 e. The van der Waals surface area contributed by atoms with Gasteiger partial charge in [0.1, 0.15) is 4.83 Å². The molecule has 0 aliphatic heterocycles. The lowest BCUT2D eigenvalue weighted by atomic mass is 9.95. The zero-order valence-corrected chi connectivity index (χ0v) is 26.5. The second kappa shape index (κ2) is 9.71. The molecule has 222 valence electrons. The van der Waals surface area contributed by atoms with Gasteiger partial charge >= 0.3 is 0 Å². The van der Waals surface area contributed by atoms with Gasteiger partial charge in [0.05, 0.1) is 16.7 Å². The predicted molar refractivity (Wildman–Crippen MR) is 202 cm³/mol. The highest BCUT2D eigenvalue weighted by atomic mass is 32.1. The molecule has 0 spiro atoms. The first kappa shape index (κ1) is 26.0. The third-order valence-corrected chi connectivity index (χ3v) is 11.0. The van der Waals surface area contributed by atoms with Crippen LogP contribution in [-0.2, 0) is 0 Å². The Morgan fingerprint density at radius 3 is 1.94 bits per heavy atom. The molecule has 3 aromatic heterocycles. The van der Waals surface area contributed by atoms with Crippen molar-refractivity contribution in [3.63, 3.8) is 0 Å². The van der Waals surface area contributed by atoms with E-state index >= 15 is 0 Å². The van der Waals surface area contributed by atoms with E-state index in [1.54, 1.807) is 11.3 Å². The summed E-state index contributed by atoms with van der Waals surface area (Å²) < 4.78 is 3.61. The summed E-state index contributed by atoms with van der Waals surface area (Å²) in [6, 6.07) is 54.5. The highest BCUT2D eigenvalue weighted by Crippen LogP contribution is 2.51. The van der Waals surface area contributed by atoms with Gasteiger partial charge in [-0.25, -0.2) is 9.97 Å². The second-order valence-corrected chi connectivity index (χ2v) is 13.6. The van der Waals surface area contributed by atoms with Crippen LogP contribution in [0.3, 0.4) is 0 Å². The molecule has 0 bridgehead atoms. The fourth-order valence-electron chi connectivity index (χ4n) is 7.92. The standard InChI is InChI=1S/C44H25N3S/c1-3-12-26(13-4-1)43-45-42(34-23-22-33-29-17-8-7-16-28(29)31-19-11-20-32(34)40(31)33)41-36-24-38-35(25-39(36)48-44(41)46-43)30-18-9-10-21-37(30)47(38)27-14-5-2-6-15-27/h1-25H. The number of thiophene rings is 1. The van der Waals surface area contributed by atoms with Crippen LogP contribution in [0.25, 0.3) is 103 Å². The summed E-state index contributed by atoms with van der Waals surface area (Å²) in [6.07, 6.45) is 0. The Hall–Kier alpha value is -6.10. The minimum absolute atomic E-state index is 0.750. The fraction of sp³-hybridized carbons (Fsp3) is 0. The van der Waals surface area contributed by atoms with Gasteiger partial charge in [-0.2, -0.15) is 0 Å². The van der Waals surface area contributed by atoms with Gasteiger partial charge in [-0.1, -0.05) is 121 Å². The molecule has 0 amide bonds. The molecule has 48 heavy (non-hydrogen) atoms. The third-order valence-electron chi connectivity index (χ3n) is 9.98. The number of fused-ring (bicyclic) bond motifs is 9. The largest absolute Gasteiger partial charge is 0.309 e. The van der Waals surface area contributed by atoms with Crippen LogP contribution in [0.5, 0.6) is 0 Å². The van der Waals surface area contributed by atoms with Gasteiger partial charge in [-0.3, -0.25) is 0 Å². The van der Waals surface area contributed by atoms with E-state index in [0.717, 1.165) is 38.5 Å². The maximum absolute atomic E-state index is 5.43. The molecule has 1 aliphatic rings. The van der Waals surface area contributed by atoms with E-state index in [2.05, 4.69) is 150 Å². The van der Waals surface area contributed by atoms with Crippen molar-refractivity contribution in [2.45, 2.75) is 0 Å². The lowest BCUT2D eigenvalue weighted by Crippen LogP contribution is -1.95. The van der Waals surface area contributed by atoms with Crippen molar-refractivity contribution >= 4 is 64.2 Å². The van der Waals surface area contributed by atoms with Crippen LogP contribution in [0.4, 0.5) is 0 Å². The van der Waals surface area contributed by atoms with E-state index < -0.39 is 0 Å². The first-order chi connectivity index (χ1) is 23.8. The Bertz CT molecular complexity index is 2910. The van der Waals surface area contributed by atoms with E-state index in [0.29, 0.717) is 0 Å². The molecule has 0 unspecified atom stereocenters. The predicted octanol–water partition coefficient (Wildman–Crippen LogP) is 12.1. The van der Waals surface area contributed by atoms with Crippen molar-refractivity contribution in [2.24, 2.45) is 0 Å². The molecular weight excluding hydrogens is 603 g/mol. The monoisotopic (exact) mass is 627 g/mol. The normalized spacial score (nSPS) is 12.2. The van der Waals surface area contributed by atoms with Crippen LogP contribution < -0.4 is 0 Å². The highest BCUT2D eigenvalue weighted by molar-refractivity contribution is 7.25. The molecular formula is C44H25N3S. The van der Waals surface area contributed by atoms with Gasteiger partial charge in [0.25, 0.3) is 0 Å². The average Bonchev–Trinajstić information content (AvgIpc) is 3.79. The Kier molecular flexibility index (Phi) is 5.26. The number of rotatable bonds is 3. The van der Waals surface area contributed by atoms with Gasteiger partial charge in [0.15, 0.2) is 5.82 Å². The number of aromatic nitrogens is 3. The summed E-state index contributed by atoms with van der Waals surface area (Å²) in [5, 5.41) is 7.31. The molecule has 0 fully saturated rings. The van der Waals surface area contributed by atoms with E-state index in [4.69, 9.17) is 9.97 Å². The number of hydrogen-bond acceptors (Lipinski definition) is 3. The van der Waals surface area contributed by atoms with Gasteiger partial charge in [0.2, 0.25) is 0 Å². The molecule has 7 aromatic carbocycles. The number of nitrogens with zero attached hydrogens (tertiary/aromatic N) is 3. The average molecular weight is 628 g/mol. The molecule has 4 heteroatoms. The van der Waals surface area contributed by atoms with Crippen LogP contribution in [0.15, 0.2) is 152 Å². The van der Waals surface area contributed by atoms with Crippen LogP contribution in [0.1, 0.15) is 0 Å². The Balaban J connectivity index is 1.28. The summed E-state index contributed by atoms with van der Waals surface area (Å²) in [7, 11) is 0. The van der Waals surface area contributed by atoms with Crippen molar-refractivity contribution in [2.75, 3.05) is 0 Å². The van der Waals surface area contributed by atoms with E-state index in [1.807, 2.05) is 6.07 Å². The first-order valence-electron chi connectivity index (χ1n) is 16.3. The SMILES string of the molecule is c1ccc(-c2nc(-c3ccc4c5c(cccc35)-c3ccccc3-4)c3c(n2)sc2cc4c5ccccc5n(-c5ccccc5)c4cc23)cc1. The molecule has 10 aromatic rings. The Morgan fingerprint density at radius 1 is 0.438 bits per heavy atom. The topological polar surface area (TPSA) is 30.7 Å².